The third kappa shape index (κ3) is 4.89. The molecule has 1 saturated heterocycles. The average Bonchev–Trinajstić information content (AvgIpc) is 2.25. The first kappa shape index (κ1) is 12.8. The van der Waals surface area contributed by atoms with Crippen molar-refractivity contribution in [2.45, 2.75) is 50.3 Å². The van der Waals surface area contributed by atoms with Crippen LogP contribution in [-0.4, -0.2) is 34.7 Å². The minimum absolute atomic E-state index is 0.350. The number of carboxylic acids is 1. The number of thioether (sulfide) groups is 1. The molecule has 88 valence electrons. The van der Waals surface area contributed by atoms with Gasteiger partial charge < -0.3 is 10.4 Å². The van der Waals surface area contributed by atoms with Crippen molar-refractivity contribution in [1.29, 1.82) is 0 Å². The van der Waals surface area contributed by atoms with Crippen LogP contribution in [0.15, 0.2) is 0 Å². The molecule has 0 bridgehead atoms. The Morgan fingerprint density at radius 3 is 2.93 bits per heavy atom. The van der Waals surface area contributed by atoms with Gasteiger partial charge in [-0.05, 0) is 25.0 Å². The topological polar surface area (TPSA) is 49.3 Å². The Bertz CT molecular complexity index is 193. The molecule has 2 atom stereocenters. The summed E-state index contributed by atoms with van der Waals surface area (Å²) in [6.45, 7) is 2.87. The summed E-state index contributed by atoms with van der Waals surface area (Å²) in [4.78, 5) is 10.9. The van der Waals surface area contributed by atoms with Crippen molar-refractivity contribution in [2.75, 3.05) is 12.3 Å². The molecule has 0 aromatic heterocycles. The second kappa shape index (κ2) is 7.12. The van der Waals surface area contributed by atoms with Crippen LogP contribution in [-0.2, 0) is 4.79 Å². The van der Waals surface area contributed by atoms with Crippen molar-refractivity contribution < 1.29 is 9.90 Å². The predicted molar refractivity (Wildman–Crippen MR) is 64.4 cm³/mol. The lowest BCUT2D eigenvalue weighted by Gasteiger charge is -2.23. The highest BCUT2D eigenvalue weighted by molar-refractivity contribution is 7.99. The Morgan fingerprint density at radius 1 is 1.60 bits per heavy atom. The Morgan fingerprint density at radius 2 is 2.40 bits per heavy atom. The number of nitrogens with one attached hydrogen (secondary N) is 1. The maximum Gasteiger partial charge on any atom is 0.320 e. The molecule has 0 aromatic rings. The number of carboxylic acid groups (broad SMARTS) is 1. The maximum absolute atomic E-state index is 10.9. The number of hydrogen-bond donors (Lipinski definition) is 2. The van der Waals surface area contributed by atoms with Crippen molar-refractivity contribution >= 4 is 17.7 Å². The van der Waals surface area contributed by atoms with Gasteiger partial charge in [-0.15, -0.1) is 0 Å². The van der Waals surface area contributed by atoms with Crippen molar-refractivity contribution in [2.24, 2.45) is 0 Å². The van der Waals surface area contributed by atoms with Crippen molar-refractivity contribution in [3.05, 3.63) is 0 Å². The Kier molecular flexibility index (Phi) is 6.10. The average molecular weight is 231 g/mol. The summed E-state index contributed by atoms with van der Waals surface area (Å²) in [6.07, 6.45) is 5.49. The first-order chi connectivity index (χ1) is 7.24. The van der Waals surface area contributed by atoms with Crippen molar-refractivity contribution in [1.82, 2.24) is 5.32 Å². The molecule has 1 aliphatic rings. The standard InChI is InChI=1S/C11H21NO2S/c1-2-5-10(11(13)14)12-8-9-6-3-4-7-15-9/h9-10,12H,2-8H2,1H3,(H,13,14). The normalized spacial score (nSPS) is 23.7. The van der Waals surface area contributed by atoms with E-state index >= 15 is 0 Å². The molecular weight excluding hydrogens is 210 g/mol. The minimum Gasteiger partial charge on any atom is -0.480 e. The van der Waals surface area contributed by atoms with Crippen LogP contribution in [0.4, 0.5) is 0 Å². The summed E-state index contributed by atoms with van der Waals surface area (Å²) in [7, 11) is 0. The molecule has 0 aromatic carbocycles. The molecule has 2 unspecified atom stereocenters. The summed E-state index contributed by atoms with van der Waals surface area (Å²) in [6, 6.07) is -0.350. The fraction of sp³-hybridized carbons (Fsp3) is 0.909. The van der Waals surface area contributed by atoms with Crippen LogP contribution in [0.25, 0.3) is 0 Å². The molecule has 1 rings (SSSR count). The zero-order chi connectivity index (χ0) is 11.1. The van der Waals surface area contributed by atoms with Gasteiger partial charge in [-0.1, -0.05) is 19.8 Å². The first-order valence-electron chi connectivity index (χ1n) is 5.81. The molecule has 3 nitrogen and oxygen atoms in total. The number of hydrogen-bond acceptors (Lipinski definition) is 3. The van der Waals surface area contributed by atoms with Gasteiger partial charge in [-0.3, -0.25) is 4.79 Å². The van der Waals surface area contributed by atoms with Gasteiger partial charge in [-0.25, -0.2) is 0 Å². The van der Waals surface area contributed by atoms with Crippen LogP contribution in [0.3, 0.4) is 0 Å². The van der Waals surface area contributed by atoms with E-state index in [0.717, 1.165) is 19.4 Å². The molecule has 0 aliphatic carbocycles. The van der Waals surface area contributed by atoms with E-state index in [1.54, 1.807) is 0 Å². The third-order valence-corrected chi connectivity index (χ3v) is 4.14. The van der Waals surface area contributed by atoms with Crippen LogP contribution in [0.1, 0.15) is 39.0 Å². The highest BCUT2D eigenvalue weighted by Crippen LogP contribution is 2.24. The zero-order valence-electron chi connectivity index (χ0n) is 9.37. The monoisotopic (exact) mass is 231 g/mol. The number of rotatable bonds is 6. The molecule has 0 radical (unpaired) electrons. The van der Waals surface area contributed by atoms with Gasteiger partial charge >= 0.3 is 5.97 Å². The van der Waals surface area contributed by atoms with E-state index in [4.69, 9.17) is 5.11 Å². The highest BCUT2D eigenvalue weighted by Gasteiger charge is 2.19. The molecule has 2 N–H and O–H groups in total. The molecule has 0 spiro atoms. The van der Waals surface area contributed by atoms with Crippen LogP contribution >= 0.6 is 11.8 Å². The lowest BCUT2D eigenvalue weighted by Crippen LogP contribution is -2.40. The molecule has 1 fully saturated rings. The van der Waals surface area contributed by atoms with Gasteiger partial charge in [0.05, 0.1) is 0 Å². The van der Waals surface area contributed by atoms with Gasteiger partial charge in [0.25, 0.3) is 0 Å². The third-order valence-electron chi connectivity index (χ3n) is 2.74. The van der Waals surface area contributed by atoms with E-state index in [0.29, 0.717) is 5.25 Å². The summed E-state index contributed by atoms with van der Waals surface area (Å²) in [5, 5.41) is 12.8. The van der Waals surface area contributed by atoms with Crippen molar-refractivity contribution in [3.63, 3.8) is 0 Å². The quantitative estimate of drug-likeness (QED) is 0.735. The SMILES string of the molecule is CCCC(NCC1CCCCS1)C(=O)O. The minimum atomic E-state index is -0.711. The maximum atomic E-state index is 10.9. The van der Waals surface area contributed by atoms with Gasteiger partial charge in [0.2, 0.25) is 0 Å². The molecule has 15 heavy (non-hydrogen) atoms. The molecule has 0 saturated carbocycles. The summed E-state index contributed by atoms with van der Waals surface area (Å²) >= 11 is 1.98. The lowest BCUT2D eigenvalue weighted by atomic mass is 10.1. The summed E-state index contributed by atoms with van der Waals surface area (Å²) < 4.78 is 0. The second-order valence-electron chi connectivity index (χ2n) is 4.08. The largest absolute Gasteiger partial charge is 0.480 e. The Balaban J connectivity index is 2.22. The first-order valence-corrected chi connectivity index (χ1v) is 6.86. The molecular formula is C11H21NO2S. The van der Waals surface area contributed by atoms with E-state index in [1.165, 1.54) is 25.0 Å². The highest BCUT2D eigenvalue weighted by atomic mass is 32.2. The van der Waals surface area contributed by atoms with Crippen molar-refractivity contribution in [3.8, 4) is 0 Å². The van der Waals surface area contributed by atoms with Crippen LogP contribution < -0.4 is 5.32 Å². The van der Waals surface area contributed by atoms with E-state index < -0.39 is 5.97 Å². The molecule has 1 aliphatic heterocycles. The lowest BCUT2D eigenvalue weighted by molar-refractivity contribution is -0.139. The van der Waals surface area contributed by atoms with Crippen LogP contribution in [0, 0.1) is 0 Å². The Labute approximate surface area is 96.0 Å². The van der Waals surface area contributed by atoms with Gasteiger partial charge in [0, 0.05) is 11.8 Å². The number of aliphatic carboxylic acids is 1. The van der Waals surface area contributed by atoms with Gasteiger partial charge in [-0.2, -0.15) is 11.8 Å². The van der Waals surface area contributed by atoms with E-state index in [1.807, 2.05) is 18.7 Å². The molecule has 4 heteroatoms. The van der Waals surface area contributed by atoms with Gasteiger partial charge in [0.1, 0.15) is 6.04 Å². The summed E-state index contributed by atoms with van der Waals surface area (Å²) in [5.41, 5.74) is 0. The second-order valence-corrected chi connectivity index (χ2v) is 5.48. The van der Waals surface area contributed by atoms with E-state index in [2.05, 4.69) is 5.32 Å². The summed E-state index contributed by atoms with van der Waals surface area (Å²) in [5.74, 6) is 0.523. The van der Waals surface area contributed by atoms with Gasteiger partial charge in [0.15, 0.2) is 0 Å². The van der Waals surface area contributed by atoms with E-state index in [9.17, 15) is 4.79 Å². The fourth-order valence-electron chi connectivity index (χ4n) is 1.84. The van der Waals surface area contributed by atoms with Crippen LogP contribution in [0.2, 0.25) is 0 Å². The van der Waals surface area contributed by atoms with Crippen LogP contribution in [0.5, 0.6) is 0 Å². The predicted octanol–water partition coefficient (Wildman–Crippen LogP) is 2.11. The fourth-order valence-corrected chi connectivity index (χ4v) is 3.10. The Hall–Kier alpha value is -0.220. The van der Waals surface area contributed by atoms with E-state index in [-0.39, 0.29) is 6.04 Å². The number of carbonyl (C=O) groups is 1. The molecule has 0 amide bonds. The molecule has 1 heterocycles. The zero-order valence-corrected chi connectivity index (χ0v) is 10.2. The smallest absolute Gasteiger partial charge is 0.320 e.